The number of rotatable bonds is 4. The molecule has 0 aliphatic carbocycles. The number of anilines is 2. The Morgan fingerprint density at radius 3 is 2.38 bits per heavy atom. The number of amides is 2. The summed E-state index contributed by atoms with van der Waals surface area (Å²) in [6, 6.07) is 18.8. The van der Waals surface area contributed by atoms with E-state index in [1.54, 1.807) is 48.5 Å². The van der Waals surface area contributed by atoms with Crippen molar-refractivity contribution in [3.8, 4) is 0 Å². The Hall–Kier alpha value is -3.64. The molecule has 2 amide bonds. The Bertz CT molecular complexity index is 1220. The Kier molecular flexibility index (Phi) is 5.01. The number of nitrogens with one attached hydrogen (secondary N) is 2. The molecule has 0 atom stereocenters. The molecule has 0 saturated heterocycles. The number of furan rings is 1. The van der Waals surface area contributed by atoms with Crippen molar-refractivity contribution in [1.29, 1.82) is 0 Å². The maximum absolute atomic E-state index is 13.5. The fourth-order valence-corrected chi connectivity index (χ4v) is 2.99. The molecule has 1 heterocycles. The summed E-state index contributed by atoms with van der Waals surface area (Å²) in [5.74, 6) is -1.70. The highest BCUT2D eigenvalue weighted by Crippen LogP contribution is 2.32. The predicted octanol–water partition coefficient (Wildman–Crippen LogP) is 5.73. The number of fused-ring (bicyclic) bond motifs is 1. The second-order valence-corrected chi connectivity index (χ2v) is 6.66. The van der Waals surface area contributed by atoms with Crippen LogP contribution in [-0.2, 0) is 0 Å². The van der Waals surface area contributed by atoms with Crippen LogP contribution >= 0.6 is 11.6 Å². The molecule has 0 saturated carbocycles. The molecule has 0 radical (unpaired) electrons. The van der Waals surface area contributed by atoms with Gasteiger partial charge in [0.15, 0.2) is 0 Å². The molecule has 5 nitrogen and oxygen atoms in total. The first-order valence-electron chi connectivity index (χ1n) is 8.66. The minimum atomic E-state index is -0.559. The molecule has 2 N–H and O–H groups in total. The van der Waals surface area contributed by atoms with Crippen LogP contribution in [0.5, 0.6) is 0 Å². The molecule has 7 heteroatoms. The summed E-state index contributed by atoms with van der Waals surface area (Å²) in [4.78, 5) is 25.4. The van der Waals surface area contributed by atoms with E-state index in [1.165, 1.54) is 18.2 Å². The van der Waals surface area contributed by atoms with E-state index in [0.717, 1.165) is 6.07 Å². The highest BCUT2D eigenvalue weighted by Gasteiger charge is 2.23. The normalized spacial score (nSPS) is 10.7. The molecule has 0 unspecified atom stereocenters. The van der Waals surface area contributed by atoms with E-state index in [9.17, 15) is 14.0 Å². The van der Waals surface area contributed by atoms with Gasteiger partial charge in [0, 0.05) is 21.7 Å². The van der Waals surface area contributed by atoms with E-state index >= 15 is 0 Å². The van der Waals surface area contributed by atoms with Crippen molar-refractivity contribution in [1.82, 2.24) is 0 Å². The third-order valence-electron chi connectivity index (χ3n) is 4.23. The predicted molar refractivity (Wildman–Crippen MR) is 110 cm³/mol. The molecule has 0 spiro atoms. The van der Waals surface area contributed by atoms with Gasteiger partial charge in [0.2, 0.25) is 5.76 Å². The third-order valence-corrected chi connectivity index (χ3v) is 4.48. The van der Waals surface area contributed by atoms with Gasteiger partial charge in [-0.05, 0) is 54.6 Å². The van der Waals surface area contributed by atoms with Gasteiger partial charge in [0.05, 0.1) is 0 Å². The highest BCUT2D eigenvalue weighted by atomic mass is 35.5. The Morgan fingerprint density at radius 1 is 0.862 bits per heavy atom. The molecular weight excluding hydrogens is 395 g/mol. The third kappa shape index (κ3) is 3.97. The first-order chi connectivity index (χ1) is 14.0. The number of halogens is 2. The molecule has 144 valence electrons. The van der Waals surface area contributed by atoms with Crippen LogP contribution in [0.2, 0.25) is 5.02 Å². The SMILES string of the molecule is O=C(Nc1c(C(=O)Nc2ccc(Cl)cc2)oc2ccccc12)c1cccc(F)c1. The molecule has 3 aromatic carbocycles. The molecule has 29 heavy (non-hydrogen) atoms. The van der Waals surface area contributed by atoms with Crippen LogP contribution in [0.1, 0.15) is 20.9 Å². The molecular formula is C22H14ClFN2O3. The summed E-state index contributed by atoms with van der Waals surface area (Å²) in [6.07, 6.45) is 0. The molecule has 0 bridgehead atoms. The van der Waals surface area contributed by atoms with Gasteiger partial charge in [-0.3, -0.25) is 9.59 Å². The van der Waals surface area contributed by atoms with Crippen molar-refractivity contribution in [3.63, 3.8) is 0 Å². The van der Waals surface area contributed by atoms with Crippen LogP contribution in [0.4, 0.5) is 15.8 Å². The monoisotopic (exact) mass is 408 g/mol. The van der Waals surface area contributed by atoms with Crippen molar-refractivity contribution in [2.24, 2.45) is 0 Å². The second-order valence-electron chi connectivity index (χ2n) is 6.23. The summed E-state index contributed by atoms with van der Waals surface area (Å²) in [7, 11) is 0. The summed E-state index contributed by atoms with van der Waals surface area (Å²) >= 11 is 5.87. The van der Waals surface area contributed by atoms with Crippen LogP contribution in [-0.4, -0.2) is 11.8 Å². The number of hydrogen-bond donors (Lipinski definition) is 2. The lowest BCUT2D eigenvalue weighted by molar-refractivity contribution is 0.0999. The zero-order valence-electron chi connectivity index (χ0n) is 14.9. The van der Waals surface area contributed by atoms with Crippen molar-refractivity contribution in [2.75, 3.05) is 10.6 Å². The van der Waals surface area contributed by atoms with Gasteiger partial charge in [-0.1, -0.05) is 29.8 Å². The molecule has 4 rings (SSSR count). The minimum absolute atomic E-state index is 0.0640. The number of para-hydroxylation sites is 1. The van der Waals surface area contributed by atoms with Gasteiger partial charge >= 0.3 is 0 Å². The molecule has 4 aromatic rings. The lowest BCUT2D eigenvalue weighted by Crippen LogP contribution is -2.17. The van der Waals surface area contributed by atoms with E-state index in [2.05, 4.69) is 10.6 Å². The fourth-order valence-electron chi connectivity index (χ4n) is 2.87. The minimum Gasteiger partial charge on any atom is -0.449 e. The van der Waals surface area contributed by atoms with Crippen molar-refractivity contribution >= 4 is 45.8 Å². The van der Waals surface area contributed by atoms with E-state index < -0.39 is 17.6 Å². The number of hydrogen-bond acceptors (Lipinski definition) is 3. The number of benzene rings is 3. The Labute approximate surface area is 170 Å². The van der Waals surface area contributed by atoms with Crippen molar-refractivity contribution in [3.05, 3.63) is 95.0 Å². The maximum Gasteiger partial charge on any atom is 0.293 e. The zero-order chi connectivity index (χ0) is 20.4. The van der Waals surface area contributed by atoms with Crippen molar-refractivity contribution < 1.29 is 18.4 Å². The Morgan fingerprint density at radius 2 is 1.62 bits per heavy atom. The molecule has 0 aliphatic heterocycles. The largest absolute Gasteiger partial charge is 0.449 e. The van der Waals surface area contributed by atoms with E-state index in [4.69, 9.17) is 16.0 Å². The number of carbonyl (C=O) groups is 2. The number of carbonyl (C=O) groups excluding carboxylic acids is 2. The molecule has 0 fully saturated rings. The maximum atomic E-state index is 13.5. The topological polar surface area (TPSA) is 71.3 Å². The summed E-state index contributed by atoms with van der Waals surface area (Å²) < 4.78 is 19.2. The van der Waals surface area contributed by atoms with Crippen LogP contribution in [0.3, 0.4) is 0 Å². The van der Waals surface area contributed by atoms with Crippen LogP contribution in [0.15, 0.2) is 77.2 Å². The van der Waals surface area contributed by atoms with E-state index in [-0.39, 0.29) is 17.0 Å². The standard InChI is InChI=1S/C22H14ClFN2O3/c23-14-8-10-16(11-9-14)25-22(28)20-19(17-6-1-2-7-18(17)29-20)26-21(27)13-4-3-5-15(24)12-13/h1-12H,(H,25,28)(H,26,27). The van der Waals surface area contributed by atoms with Gasteiger partial charge in [-0.15, -0.1) is 0 Å². The van der Waals surface area contributed by atoms with Gasteiger partial charge in [0.1, 0.15) is 17.1 Å². The lowest BCUT2D eigenvalue weighted by Gasteiger charge is -2.08. The first-order valence-corrected chi connectivity index (χ1v) is 9.04. The van der Waals surface area contributed by atoms with Gasteiger partial charge < -0.3 is 15.1 Å². The van der Waals surface area contributed by atoms with Gasteiger partial charge in [-0.25, -0.2) is 4.39 Å². The lowest BCUT2D eigenvalue weighted by atomic mass is 10.1. The summed E-state index contributed by atoms with van der Waals surface area (Å²) in [5, 5.41) is 6.47. The van der Waals surface area contributed by atoms with Crippen LogP contribution in [0, 0.1) is 5.82 Å². The molecule has 1 aromatic heterocycles. The summed E-state index contributed by atoms with van der Waals surface area (Å²) in [6.45, 7) is 0. The summed E-state index contributed by atoms with van der Waals surface area (Å²) in [5.41, 5.74) is 1.28. The first kappa shape index (κ1) is 18.7. The highest BCUT2D eigenvalue weighted by molar-refractivity contribution is 6.30. The smallest absolute Gasteiger partial charge is 0.293 e. The Balaban J connectivity index is 1.69. The van der Waals surface area contributed by atoms with Gasteiger partial charge in [-0.2, -0.15) is 0 Å². The van der Waals surface area contributed by atoms with E-state index in [1.807, 2.05) is 0 Å². The van der Waals surface area contributed by atoms with E-state index in [0.29, 0.717) is 21.7 Å². The average molecular weight is 409 g/mol. The molecule has 0 aliphatic rings. The average Bonchev–Trinajstić information content (AvgIpc) is 3.08. The fraction of sp³-hybridized carbons (Fsp3) is 0. The second kappa shape index (κ2) is 7.77. The van der Waals surface area contributed by atoms with Gasteiger partial charge in [0.25, 0.3) is 11.8 Å². The van der Waals surface area contributed by atoms with Crippen LogP contribution < -0.4 is 10.6 Å². The van der Waals surface area contributed by atoms with Crippen LogP contribution in [0.25, 0.3) is 11.0 Å². The quantitative estimate of drug-likeness (QED) is 0.453. The zero-order valence-corrected chi connectivity index (χ0v) is 15.7. The van der Waals surface area contributed by atoms with Crippen molar-refractivity contribution in [2.45, 2.75) is 0 Å².